The van der Waals surface area contributed by atoms with Crippen molar-refractivity contribution in [2.45, 2.75) is 44.8 Å². The van der Waals surface area contributed by atoms with E-state index in [1.54, 1.807) is 19.2 Å². The van der Waals surface area contributed by atoms with Crippen LogP contribution in [0.15, 0.2) is 29.3 Å². The molecule has 2 atom stereocenters. The Labute approximate surface area is 160 Å². The highest BCUT2D eigenvalue weighted by atomic mass is 19.1. The van der Waals surface area contributed by atoms with Crippen LogP contribution < -0.4 is 5.32 Å². The van der Waals surface area contributed by atoms with Crippen molar-refractivity contribution in [1.82, 2.24) is 10.2 Å². The largest absolute Gasteiger partial charge is 0.469 e. The molecule has 0 aromatic heterocycles. The maximum Gasteiger partial charge on any atom is 0.305 e. The van der Waals surface area contributed by atoms with Crippen LogP contribution in [0.25, 0.3) is 0 Å². The molecule has 7 heteroatoms. The highest BCUT2D eigenvalue weighted by Gasteiger charge is 2.28. The van der Waals surface area contributed by atoms with Crippen molar-refractivity contribution in [3.8, 4) is 0 Å². The fraction of sp³-hybridized carbons (Fsp3) is 0.600. The Morgan fingerprint density at radius 2 is 2.04 bits per heavy atom. The Morgan fingerprint density at radius 1 is 1.30 bits per heavy atom. The van der Waals surface area contributed by atoms with Crippen LogP contribution >= 0.6 is 0 Å². The predicted octanol–water partition coefficient (Wildman–Crippen LogP) is 2.90. The highest BCUT2D eigenvalue weighted by Crippen LogP contribution is 2.25. The monoisotopic (exact) mass is 379 g/mol. The molecule has 27 heavy (non-hydrogen) atoms. The number of carbonyl (C=O) groups excluding carboxylic acids is 1. The lowest BCUT2D eigenvalue weighted by Gasteiger charge is -2.38. The van der Waals surface area contributed by atoms with Gasteiger partial charge in [-0.15, -0.1) is 0 Å². The molecule has 2 rings (SSSR count). The molecule has 6 nitrogen and oxygen atoms in total. The first-order chi connectivity index (χ1) is 13.0. The number of unbranched alkanes of at least 4 members (excludes halogenated alkanes) is 2. The second kappa shape index (κ2) is 10.9. The summed E-state index contributed by atoms with van der Waals surface area (Å²) in [6.45, 7) is 4.24. The summed E-state index contributed by atoms with van der Waals surface area (Å²) in [7, 11) is 3.18. The Balaban J connectivity index is 1.82. The standard InChI is InChI=1S/C20H30FN3O3/c1-15-13-24(14-18(27-15)16-8-10-17(21)11-9-16)20(22-2)23-12-6-4-5-7-19(25)26-3/h8-11,15,18H,4-7,12-14H2,1-3H3,(H,22,23). The minimum atomic E-state index is -0.246. The van der Waals surface area contributed by atoms with Gasteiger partial charge in [-0.25, -0.2) is 4.39 Å². The van der Waals surface area contributed by atoms with Gasteiger partial charge in [0.05, 0.1) is 19.8 Å². The van der Waals surface area contributed by atoms with Gasteiger partial charge in [-0.05, 0) is 37.5 Å². The molecule has 0 spiro atoms. The normalized spacial score (nSPS) is 20.4. The molecule has 1 aliphatic heterocycles. The quantitative estimate of drug-likeness (QED) is 0.342. The van der Waals surface area contributed by atoms with E-state index in [1.807, 2.05) is 6.92 Å². The summed E-state index contributed by atoms with van der Waals surface area (Å²) < 4.78 is 23.9. The fourth-order valence-electron chi connectivity index (χ4n) is 3.19. The van der Waals surface area contributed by atoms with Crippen molar-refractivity contribution in [1.29, 1.82) is 0 Å². The number of hydrogen-bond donors (Lipinski definition) is 1. The third-order valence-electron chi connectivity index (χ3n) is 4.58. The lowest BCUT2D eigenvalue weighted by atomic mass is 10.1. The Morgan fingerprint density at radius 3 is 2.70 bits per heavy atom. The van der Waals surface area contributed by atoms with Crippen LogP contribution in [0.4, 0.5) is 4.39 Å². The van der Waals surface area contributed by atoms with E-state index in [0.717, 1.165) is 43.9 Å². The van der Waals surface area contributed by atoms with E-state index in [0.29, 0.717) is 13.0 Å². The predicted molar refractivity (Wildman–Crippen MR) is 103 cm³/mol. The van der Waals surface area contributed by atoms with Gasteiger partial charge in [-0.3, -0.25) is 9.79 Å². The Kier molecular flexibility index (Phi) is 8.51. The molecule has 0 saturated carbocycles. The molecule has 1 saturated heterocycles. The van der Waals surface area contributed by atoms with Crippen LogP contribution in [-0.4, -0.2) is 56.7 Å². The van der Waals surface area contributed by atoms with Gasteiger partial charge in [-0.1, -0.05) is 18.6 Å². The highest BCUT2D eigenvalue weighted by molar-refractivity contribution is 5.80. The number of methoxy groups -OCH3 is 1. The van der Waals surface area contributed by atoms with E-state index in [-0.39, 0.29) is 24.0 Å². The van der Waals surface area contributed by atoms with E-state index >= 15 is 0 Å². The number of nitrogens with one attached hydrogen (secondary N) is 1. The summed E-state index contributed by atoms with van der Waals surface area (Å²) in [6.07, 6.45) is 3.13. The summed E-state index contributed by atoms with van der Waals surface area (Å²) in [6, 6.07) is 6.47. The third kappa shape index (κ3) is 6.82. The number of ether oxygens (including phenoxy) is 2. The molecular weight excluding hydrogens is 349 g/mol. The molecule has 0 radical (unpaired) electrons. The van der Waals surface area contributed by atoms with Gasteiger partial charge in [0.25, 0.3) is 0 Å². The number of guanidine groups is 1. The molecule has 2 unspecified atom stereocenters. The van der Waals surface area contributed by atoms with Gasteiger partial charge in [0.1, 0.15) is 11.9 Å². The number of halogens is 1. The summed E-state index contributed by atoms with van der Waals surface area (Å²) in [4.78, 5) is 17.7. The number of aliphatic imine (C=N–C) groups is 1. The Hall–Kier alpha value is -2.15. The smallest absolute Gasteiger partial charge is 0.305 e. The molecule has 1 aliphatic rings. The van der Waals surface area contributed by atoms with Gasteiger partial charge in [0.15, 0.2) is 5.96 Å². The maximum absolute atomic E-state index is 13.2. The number of nitrogens with zero attached hydrogens (tertiary/aromatic N) is 2. The van der Waals surface area contributed by atoms with Crippen LogP contribution in [0.5, 0.6) is 0 Å². The van der Waals surface area contributed by atoms with E-state index in [9.17, 15) is 9.18 Å². The zero-order valence-electron chi connectivity index (χ0n) is 16.4. The van der Waals surface area contributed by atoms with Crippen LogP contribution in [0.1, 0.15) is 44.3 Å². The van der Waals surface area contributed by atoms with Gasteiger partial charge in [-0.2, -0.15) is 0 Å². The first-order valence-corrected chi connectivity index (χ1v) is 9.46. The first-order valence-electron chi connectivity index (χ1n) is 9.46. The molecule has 1 aromatic rings. The lowest BCUT2D eigenvalue weighted by Crippen LogP contribution is -2.50. The van der Waals surface area contributed by atoms with Crippen molar-refractivity contribution in [2.75, 3.05) is 33.8 Å². The number of hydrogen-bond acceptors (Lipinski definition) is 4. The Bertz CT molecular complexity index is 621. The van der Waals surface area contributed by atoms with Crippen molar-refractivity contribution in [3.05, 3.63) is 35.6 Å². The van der Waals surface area contributed by atoms with E-state index in [2.05, 4.69) is 19.9 Å². The molecule has 1 aromatic carbocycles. The molecule has 150 valence electrons. The second-order valence-corrected chi connectivity index (χ2v) is 6.75. The molecule has 0 aliphatic carbocycles. The van der Waals surface area contributed by atoms with Crippen molar-refractivity contribution >= 4 is 11.9 Å². The zero-order valence-corrected chi connectivity index (χ0v) is 16.4. The fourth-order valence-corrected chi connectivity index (χ4v) is 3.19. The molecule has 0 amide bonds. The molecule has 1 N–H and O–H groups in total. The average molecular weight is 379 g/mol. The van der Waals surface area contributed by atoms with E-state index < -0.39 is 0 Å². The summed E-state index contributed by atoms with van der Waals surface area (Å²) >= 11 is 0. The minimum Gasteiger partial charge on any atom is -0.469 e. The van der Waals surface area contributed by atoms with Gasteiger partial charge >= 0.3 is 5.97 Å². The van der Waals surface area contributed by atoms with E-state index in [1.165, 1.54) is 19.2 Å². The number of esters is 1. The summed E-state index contributed by atoms with van der Waals surface area (Å²) in [5, 5.41) is 3.39. The second-order valence-electron chi connectivity index (χ2n) is 6.75. The molecule has 1 heterocycles. The van der Waals surface area contributed by atoms with Gasteiger partial charge in [0.2, 0.25) is 0 Å². The van der Waals surface area contributed by atoms with Gasteiger partial charge < -0.3 is 19.7 Å². The SMILES string of the molecule is CN=C(NCCCCCC(=O)OC)N1CC(C)OC(c2ccc(F)cc2)C1. The first kappa shape index (κ1) is 21.2. The van der Waals surface area contributed by atoms with Crippen molar-refractivity contribution < 1.29 is 18.7 Å². The van der Waals surface area contributed by atoms with Crippen molar-refractivity contribution in [2.24, 2.45) is 4.99 Å². The number of rotatable bonds is 7. The molecule has 0 bridgehead atoms. The topological polar surface area (TPSA) is 63.2 Å². The number of benzene rings is 1. The number of morpholine rings is 1. The summed E-state index contributed by atoms with van der Waals surface area (Å²) in [5.74, 6) is 0.433. The summed E-state index contributed by atoms with van der Waals surface area (Å²) in [5.41, 5.74) is 0.964. The lowest BCUT2D eigenvalue weighted by molar-refractivity contribution is -0.140. The van der Waals surface area contributed by atoms with Crippen LogP contribution in [0, 0.1) is 5.82 Å². The third-order valence-corrected chi connectivity index (χ3v) is 4.58. The molecule has 1 fully saturated rings. The zero-order chi connectivity index (χ0) is 19.6. The minimum absolute atomic E-state index is 0.0485. The number of carbonyl (C=O) groups is 1. The van der Waals surface area contributed by atoms with Gasteiger partial charge in [0, 0.05) is 26.6 Å². The maximum atomic E-state index is 13.2. The average Bonchev–Trinajstić information content (AvgIpc) is 2.67. The molecular formula is C20H30FN3O3. The van der Waals surface area contributed by atoms with Crippen LogP contribution in [-0.2, 0) is 14.3 Å². The van der Waals surface area contributed by atoms with Crippen LogP contribution in [0.3, 0.4) is 0 Å². The van der Waals surface area contributed by atoms with Crippen LogP contribution in [0.2, 0.25) is 0 Å². The van der Waals surface area contributed by atoms with Crippen molar-refractivity contribution in [3.63, 3.8) is 0 Å². The van der Waals surface area contributed by atoms with E-state index in [4.69, 9.17) is 4.74 Å².